The van der Waals surface area contributed by atoms with Crippen molar-refractivity contribution in [3.05, 3.63) is 22.4 Å². The van der Waals surface area contributed by atoms with Gasteiger partial charge in [-0.2, -0.15) is 0 Å². The Bertz CT molecular complexity index is 540. The Balaban J connectivity index is 1.49. The van der Waals surface area contributed by atoms with Crippen molar-refractivity contribution in [1.29, 1.82) is 0 Å². The van der Waals surface area contributed by atoms with Crippen LogP contribution in [0, 0.1) is 17.3 Å². The number of hydrogen-bond donors (Lipinski definition) is 2. The number of aliphatic imine (C=N–C) groups is 1. The van der Waals surface area contributed by atoms with E-state index in [0.29, 0.717) is 24.0 Å². The average molecular weight is 336 g/mol. The Kier molecular flexibility index (Phi) is 4.97. The highest BCUT2D eigenvalue weighted by molar-refractivity contribution is 7.09. The van der Waals surface area contributed by atoms with Gasteiger partial charge in [-0.3, -0.25) is 4.99 Å². The molecule has 0 amide bonds. The molecule has 1 aliphatic heterocycles. The Morgan fingerprint density at radius 3 is 3.04 bits per heavy atom. The third-order valence-electron chi connectivity index (χ3n) is 5.36. The van der Waals surface area contributed by atoms with E-state index in [1.165, 1.54) is 4.88 Å². The quantitative estimate of drug-likeness (QED) is 0.642. The summed E-state index contributed by atoms with van der Waals surface area (Å²) < 4.78 is 5.87. The van der Waals surface area contributed by atoms with E-state index in [1.54, 1.807) is 0 Å². The van der Waals surface area contributed by atoms with E-state index in [2.05, 4.69) is 53.9 Å². The highest BCUT2D eigenvalue weighted by Gasteiger charge is 2.59. The fourth-order valence-electron chi connectivity index (χ4n) is 4.07. The molecule has 1 saturated carbocycles. The summed E-state index contributed by atoms with van der Waals surface area (Å²) in [6.45, 7) is 8.72. The van der Waals surface area contributed by atoms with Crippen molar-refractivity contribution in [2.45, 2.75) is 45.8 Å². The minimum Gasteiger partial charge on any atom is -0.377 e. The molecule has 2 aliphatic rings. The van der Waals surface area contributed by atoms with Crippen LogP contribution in [-0.2, 0) is 11.2 Å². The lowest BCUT2D eigenvalue weighted by Crippen LogP contribution is -2.68. The normalized spacial score (nSPS) is 30.4. The molecule has 4 atom stereocenters. The molecule has 0 radical (unpaired) electrons. The topological polar surface area (TPSA) is 45.7 Å². The molecule has 1 aliphatic carbocycles. The first-order valence-electron chi connectivity index (χ1n) is 8.63. The molecule has 4 nitrogen and oxygen atoms in total. The van der Waals surface area contributed by atoms with Gasteiger partial charge >= 0.3 is 0 Å². The van der Waals surface area contributed by atoms with Crippen molar-refractivity contribution < 1.29 is 4.74 Å². The molecule has 128 valence electrons. The Morgan fingerprint density at radius 1 is 1.52 bits per heavy atom. The third kappa shape index (κ3) is 3.41. The Morgan fingerprint density at radius 2 is 2.35 bits per heavy atom. The maximum Gasteiger partial charge on any atom is 0.191 e. The first-order valence-corrected chi connectivity index (χ1v) is 9.51. The standard InChI is InChI=1S/C18H29N3OS/c1-12(10-13-6-5-9-23-13)11-20-17(19-4)21-15-14-7-8-22-16(14)18(15,2)3/h5-6,9,12,14-16H,7-8,10-11H2,1-4H3,(H2,19,20,21). The largest absolute Gasteiger partial charge is 0.377 e. The number of nitrogens with one attached hydrogen (secondary N) is 2. The number of rotatable bonds is 5. The van der Waals surface area contributed by atoms with Crippen LogP contribution in [0.1, 0.15) is 32.1 Å². The minimum absolute atomic E-state index is 0.182. The highest BCUT2D eigenvalue weighted by atomic mass is 32.1. The van der Waals surface area contributed by atoms with Crippen LogP contribution in [0.5, 0.6) is 0 Å². The average Bonchev–Trinajstić information content (AvgIpc) is 3.17. The Hall–Kier alpha value is -1.07. The molecule has 3 rings (SSSR count). The second-order valence-electron chi connectivity index (χ2n) is 7.53. The molecule has 2 fully saturated rings. The lowest BCUT2D eigenvalue weighted by Gasteiger charge is -2.54. The van der Waals surface area contributed by atoms with Gasteiger partial charge in [0.15, 0.2) is 5.96 Å². The lowest BCUT2D eigenvalue weighted by molar-refractivity contribution is -0.106. The number of thiophene rings is 1. The molecule has 1 saturated heterocycles. The van der Waals surface area contributed by atoms with Gasteiger partial charge in [-0.15, -0.1) is 11.3 Å². The zero-order valence-electron chi connectivity index (χ0n) is 14.6. The number of guanidine groups is 1. The molecule has 0 spiro atoms. The van der Waals surface area contributed by atoms with E-state index in [1.807, 2.05) is 18.4 Å². The third-order valence-corrected chi connectivity index (χ3v) is 6.26. The summed E-state index contributed by atoms with van der Waals surface area (Å²) in [6.07, 6.45) is 2.70. The minimum atomic E-state index is 0.182. The summed E-state index contributed by atoms with van der Waals surface area (Å²) in [4.78, 5) is 5.87. The molecular weight excluding hydrogens is 306 g/mol. The zero-order valence-corrected chi connectivity index (χ0v) is 15.5. The van der Waals surface area contributed by atoms with Gasteiger partial charge in [-0.25, -0.2) is 0 Å². The maximum atomic E-state index is 5.87. The van der Waals surface area contributed by atoms with Gasteiger partial charge in [0.2, 0.25) is 0 Å². The monoisotopic (exact) mass is 335 g/mol. The summed E-state index contributed by atoms with van der Waals surface area (Å²) in [6, 6.07) is 4.79. The van der Waals surface area contributed by atoms with Gasteiger partial charge in [-0.1, -0.05) is 26.8 Å². The van der Waals surface area contributed by atoms with Crippen LogP contribution in [0.15, 0.2) is 22.5 Å². The van der Waals surface area contributed by atoms with Crippen molar-refractivity contribution in [3.8, 4) is 0 Å². The molecule has 0 aromatic carbocycles. The van der Waals surface area contributed by atoms with E-state index in [-0.39, 0.29) is 5.41 Å². The van der Waals surface area contributed by atoms with Gasteiger partial charge in [0.05, 0.1) is 6.10 Å². The molecule has 2 heterocycles. The predicted molar refractivity (Wildman–Crippen MR) is 97.1 cm³/mol. The summed E-state index contributed by atoms with van der Waals surface area (Å²) in [7, 11) is 1.85. The van der Waals surface area contributed by atoms with Gasteiger partial charge in [-0.05, 0) is 30.2 Å². The van der Waals surface area contributed by atoms with Gasteiger partial charge < -0.3 is 15.4 Å². The second-order valence-corrected chi connectivity index (χ2v) is 8.56. The first-order chi connectivity index (χ1) is 11.0. The van der Waals surface area contributed by atoms with Crippen molar-refractivity contribution in [2.75, 3.05) is 20.2 Å². The smallest absolute Gasteiger partial charge is 0.191 e. The van der Waals surface area contributed by atoms with Crippen LogP contribution in [0.2, 0.25) is 0 Å². The number of hydrogen-bond acceptors (Lipinski definition) is 3. The molecule has 0 bridgehead atoms. The molecule has 4 unspecified atom stereocenters. The molecular formula is C18H29N3OS. The predicted octanol–water partition coefficient (Wildman–Crippen LogP) is 2.91. The zero-order chi connectivity index (χ0) is 16.4. The number of nitrogens with zero attached hydrogens (tertiary/aromatic N) is 1. The maximum absolute atomic E-state index is 5.87. The molecule has 1 aromatic heterocycles. The molecule has 2 N–H and O–H groups in total. The number of fused-ring (bicyclic) bond motifs is 1. The highest BCUT2D eigenvalue weighted by Crippen LogP contribution is 2.52. The van der Waals surface area contributed by atoms with Gasteiger partial charge in [0, 0.05) is 42.5 Å². The molecule has 5 heteroatoms. The number of ether oxygens (including phenoxy) is 1. The SMILES string of the molecule is CN=C(NCC(C)Cc1cccs1)NC1C2CCOC2C1(C)C. The molecule has 23 heavy (non-hydrogen) atoms. The van der Waals surface area contributed by atoms with Crippen LogP contribution >= 0.6 is 11.3 Å². The van der Waals surface area contributed by atoms with Crippen LogP contribution in [0.4, 0.5) is 0 Å². The van der Waals surface area contributed by atoms with Crippen LogP contribution in [0.25, 0.3) is 0 Å². The summed E-state index contributed by atoms with van der Waals surface area (Å²) in [5.41, 5.74) is 0.182. The van der Waals surface area contributed by atoms with E-state index in [9.17, 15) is 0 Å². The van der Waals surface area contributed by atoms with Gasteiger partial charge in [0.25, 0.3) is 0 Å². The summed E-state index contributed by atoms with van der Waals surface area (Å²) in [5, 5.41) is 9.29. The van der Waals surface area contributed by atoms with Gasteiger partial charge in [0.1, 0.15) is 0 Å². The fourth-order valence-corrected chi connectivity index (χ4v) is 4.94. The van der Waals surface area contributed by atoms with Crippen molar-refractivity contribution in [2.24, 2.45) is 22.2 Å². The van der Waals surface area contributed by atoms with Crippen LogP contribution in [-0.4, -0.2) is 38.3 Å². The van der Waals surface area contributed by atoms with E-state index in [0.717, 1.165) is 32.0 Å². The first kappa shape index (κ1) is 16.8. The fraction of sp³-hybridized carbons (Fsp3) is 0.722. The lowest BCUT2D eigenvalue weighted by atomic mass is 9.57. The van der Waals surface area contributed by atoms with E-state index in [4.69, 9.17) is 4.74 Å². The second kappa shape index (κ2) is 6.81. The van der Waals surface area contributed by atoms with E-state index < -0.39 is 0 Å². The molecule has 1 aromatic rings. The van der Waals surface area contributed by atoms with Crippen molar-refractivity contribution in [3.63, 3.8) is 0 Å². The van der Waals surface area contributed by atoms with Crippen molar-refractivity contribution >= 4 is 17.3 Å². The van der Waals surface area contributed by atoms with Crippen LogP contribution < -0.4 is 10.6 Å². The Labute approximate surface area is 143 Å². The summed E-state index contributed by atoms with van der Waals surface area (Å²) in [5.74, 6) is 2.14. The summed E-state index contributed by atoms with van der Waals surface area (Å²) >= 11 is 1.84. The van der Waals surface area contributed by atoms with E-state index >= 15 is 0 Å². The van der Waals surface area contributed by atoms with Crippen LogP contribution in [0.3, 0.4) is 0 Å². The van der Waals surface area contributed by atoms with Crippen molar-refractivity contribution in [1.82, 2.24) is 10.6 Å².